The van der Waals surface area contributed by atoms with Crippen LogP contribution in [0.4, 0.5) is 0 Å². The summed E-state index contributed by atoms with van der Waals surface area (Å²) in [4.78, 5) is 24.1. The molecule has 0 unspecified atom stereocenters. The summed E-state index contributed by atoms with van der Waals surface area (Å²) in [6.07, 6.45) is 2.01. The van der Waals surface area contributed by atoms with Gasteiger partial charge in [0.1, 0.15) is 0 Å². The number of carbonyl (C=O) groups excluding carboxylic acids is 2. The van der Waals surface area contributed by atoms with Crippen molar-refractivity contribution in [3.8, 4) is 0 Å². The number of benzene rings is 1. The van der Waals surface area contributed by atoms with Crippen molar-refractivity contribution in [3.63, 3.8) is 0 Å². The molecule has 2 atom stereocenters. The van der Waals surface area contributed by atoms with E-state index in [9.17, 15) is 18.0 Å². The van der Waals surface area contributed by atoms with Crippen LogP contribution in [0.25, 0.3) is 0 Å². The number of hydrogen-bond donors (Lipinski definition) is 2. The zero-order chi connectivity index (χ0) is 19.6. The Kier molecular flexibility index (Phi) is 5.86. The van der Waals surface area contributed by atoms with Crippen molar-refractivity contribution in [1.29, 1.82) is 0 Å². The Hall–Kier alpha value is -1.93. The van der Waals surface area contributed by atoms with Gasteiger partial charge in [-0.3, -0.25) is 9.59 Å². The van der Waals surface area contributed by atoms with Crippen molar-refractivity contribution in [2.75, 3.05) is 19.6 Å². The Morgan fingerprint density at radius 2 is 1.74 bits per heavy atom. The fourth-order valence-corrected chi connectivity index (χ4v) is 4.83. The van der Waals surface area contributed by atoms with Gasteiger partial charge >= 0.3 is 0 Å². The van der Waals surface area contributed by atoms with Gasteiger partial charge in [-0.05, 0) is 44.2 Å². The lowest BCUT2D eigenvalue weighted by atomic mass is 10.1. The first-order valence-corrected chi connectivity index (χ1v) is 10.9. The highest BCUT2D eigenvalue weighted by atomic mass is 32.2. The summed E-state index contributed by atoms with van der Waals surface area (Å²) >= 11 is 0. The van der Waals surface area contributed by atoms with Crippen molar-refractivity contribution >= 4 is 21.8 Å². The van der Waals surface area contributed by atoms with E-state index in [0.29, 0.717) is 36.7 Å². The molecule has 148 valence electrons. The molecule has 0 spiro atoms. The molecule has 0 bridgehead atoms. The lowest BCUT2D eigenvalue weighted by Crippen LogP contribution is -2.48. The van der Waals surface area contributed by atoms with Crippen LogP contribution in [0, 0.1) is 18.8 Å². The van der Waals surface area contributed by atoms with Crippen LogP contribution in [0.1, 0.15) is 31.7 Å². The predicted molar refractivity (Wildman–Crippen MR) is 101 cm³/mol. The predicted octanol–water partition coefficient (Wildman–Crippen LogP) is 1.04. The van der Waals surface area contributed by atoms with Crippen LogP contribution in [0.15, 0.2) is 29.2 Å². The van der Waals surface area contributed by atoms with Gasteiger partial charge in [0.25, 0.3) is 0 Å². The molecule has 2 fully saturated rings. The van der Waals surface area contributed by atoms with E-state index in [1.165, 1.54) is 4.31 Å². The van der Waals surface area contributed by atoms with E-state index in [4.69, 9.17) is 0 Å². The van der Waals surface area contributed by atoms with Crippen LogP contribution in [-0.2, 0) is 19.6 Å². The molecule has 1 heterocycles. The average molecular weight is 394 g/mol. The van der Waals surface area contributed by atoms with E-state index in [-0.39, 0.29) is 30.3 Å². The molecule has 7 nitrogen and oxygen atoms in total. The van der Waals surface area contributed by atoms with Crippen molar-refractivity contribution in [1.82, 2.24) is 14.9 Å². The Labute approximate surface area is 160 Å². The average Bonchev–Trinajstić information content (AvgIpc) is 3.37. The number of hydrogen-bond acceptors (Lipinski definition) is 4. The van der Waals surface area contributed by atoms with Crippen LogP contribution in [-0.4, -0.2) is 50.2 Å². The molecule has 0 aromatic heterocycles. The van der Waals surface area contributed by atoms with Crippen LogP contribution in [0.3, 0.4) is 0 Å². The van der Waals surface area contributed by atoms with Crippen molar-refractivity contribution in [2.45, 2.75) is 44.0 Å². The summed E-state index contributed by atoms with van der Waals surface area (Å²) in [5, 5.41) is 5.56. The van der Waals surface area contributed by atoms with E-state index in [1.54, 1.807) is 24.3 Å². The summed E-state index contributed by atoms with van der Waals surface area (Å²) in [5.41, 5.74) is 1.01. The van der Waals surface area contributed by atoms with Gasteiger partial charge in [-0.2, -0.15) is 4.31 Å². The van der Waals surface area contributed by atoms with Gasteiger partial charge in [-0.15, -0.1) is 0 Å². The molecule has 2 N–H and O–H groups in total. The number of piperidine rings is 1. The third-order valence-electron chi connectivity index (χ3n) is 5.35. The largest absolute Gasteiger partial charge is 0.352 e. The number of nitrogens with one attached hydrogen (secondary N) is 2. The fraction of sp³-hybridized carbons (Fsp3) is 0.579. The highest BCUT2D eigenvalue weighted by Gasteiger charge is 2.39. The number of sulfonamides is 1. The third kappa shape index (κ3) is 4.87. The SMILES string of the molecule is Cc1ccc(S(=O)(=O)N2CCC(NC(=O)CNC(=O)[C@H]3C[C@H]3C)CC2)cc1. The molecule has 1 aliphatic carbocycles. The Balaban J connectivity index is 1.45. The highest BCUT2D eigenvalue weighted by Crippen LogP contribution is 2.37. The second-order valence-electron chi connectivity index (χ2n) is 7.60. The van der Waals surface area contributed by atoms with E-state index in [0.717, 1.165) is 12.0 Å². The topological polar surface area (TPSA) is 95.6 Å². The van der Waals surface area contributed by atoms with Crippen LogP contribution >= 0.6 is 0 Å². The Morgan fingerprint density at radius 3 is 2.30 bits per heavy atom. The van der Waals surface area contributed by atoms with Gasteiger partial charge in [0.2, 0.25) is 21.8 Å². The smallest absolute Gasteiger partial charge is 0.243 e. The molecular weight excluding hydrogens is 366 g/mol. The van der Waals surface area contributed by atoms with Crippen molar-refractivity contribution in [3.05, 3.63) is 29.8 Å². The number of aryl methyl sites for hydroxylation is 1. The molecule has 27 heavy (non-hydrogen) atoms. The second kappa shape index (κ2) is 7.98. The molecule has 8 heteroatoms. The van der Waals surface area contributed by atoms with Gasteiger partial charge in [0.15, 0.2) is 0 Å². The molecule has 1 aliphatic heterocycles. The number of nitrogens with zero attached hydrogens (tertiary/aromatic N) is 1. The molecular formula is C19H27N3O4S. The first kappa shape index (κ1) is 19.8. The minimum Gasteiger partial charge on any atom is -0.352 e. The normalized spacial score (nSPS) is 23.6. The van der Waals surface area contributed by atoms with Gasteiger partial charge < -0.3 is 10.6 Å². The molecule has 1 saturated carbocycles. The summed E-state index contributed by atoms with van der Waals surface area (Å²) < 4.78 is 26.9. The van der Waals surface area contributed by atoms with E-state index >= 15 is 0 Å². The minimum absolute atomic E-state index is 0.0239. The molecule has 2 aliphatic rings. The molecule has 1 aromatic rings. The number of rotatable bonds is 6. The van der Waals surface area contributed by atoms with Gasteiger partial charge in [0.05, 0.1) is 11.4 Å². The minimum atomic E-state index is -3.50. The second-order valence-corrected chi connectivity index (χ2v) is 9.53. The van der Waals surface area contributed by atoms with Crippen LogP contribution in [0.2, 0.25) is 0 Å². The maximum absolute atomic E-state index is 12.7. The van der Waals surface area contributed by atoms with Gasteiger partial charge in [0, 0.05) is 25.0 Å². The number of amides is 2. The summed E-state index contributed by atoms with van der Waals surface area (Å²) in [7, 11) is -3.50. The zero-order valence-electron chi connectivity index (χ0n) is 15.8. The Morgan fingerprint density at radius 1 is 1.15 bits per heavy atom. The monoisotopic (exact) mass is 393 g/mol. The maximum Gasteiger partial charge on any atom is 0.243 e. The molecule has 1 saturated heterocycles. The Bertz CT molecular complexity index is 799. The lowest BCUT2D eigenvalue weighted by molar-refractivity contribution is -0.127. The van der Waals surface area contributed by atoms with Gasteiger partial charge in [-0.25, -0.2) is 8.42 Å². The first-order valence-electron chi connectivity index (χ1n) is 9.41. The highest BCUT2D eigenvalue weighted by molar-refractivity contribution is 7.89. The van der Waals surface area contributed by atoms with E-state index in [2.05, 4.69) is 10.6 Å². The van der Waals surface area contributed by atoms with Crippen LogP contribution in [0.5, 0.6) is 0 Å². The maximum atomic E-state index is 12.7. The van der Waals surface area contributed by atoms with E-state index < -0.39 is 10.0 Å². The summed E-state index contributed by atoms with van der Waals surface area (Å²) in [6, 6.07) is 6.76. The van der Waals surface area contributed by atoms with Crippen LogP contribution < -0.4 is 10.6 Å². The third-order valence-corrected chi connectivity index (χ3v) is 7.26. The number of carbonyl (C=O) groups is 2. The quantitative estimate of drug-likeness (QED) is 0.755. The van der Waals surface area contributed by atoms with Crippen molar-refractivity contribution < 1.29 is 18.0 Å². The molecule has 2 amide bonds. The zero-order valence-corrected chi connectivity index (χ0v) is 16.6. The summed E-state index contributed by atoms with van der Waals surface area (Å²) in [5.74, 6) is 0.175. The molecule has 1 aromatic carbocycles. The lowest BCUT2D eigenvalue weighted by Gasteiger charge is -2.31. The fourth-order valence-electron chi connectivity index (χ4n) is 3.36. The van der Waals surface area contributed by atoms with Gasteiger partial charge in [-0.1, -0.05) is 24.6 Å². The summed E-state index contributed by atoms with van der Waals surface area (Å²) in [6.45, 7) is 4.64. The molecule has 3 rings (SSSR count). The molecule has 0 radical (unpaired) electrons. The van der Waals surface area contributed by atoms with E-state index in [1.807, 2.05) is 13.8 Å². The van der Waals surface area contributed by atoms with Crippen molar-refractivity contribution in [2.24, 2.45) is 11.8 Å². The first-order chi connectivity index (χ1) is 12.8. The standard InChI is InChI=1S/C19H27N3O4S/c1-13-3-5-16(6-4-13)27(25,26)22-9-7-15(8-10-22)21-18(23)12-20-19(24)17-11-14(17)2/h3-6,14-15,17H,7-12H2,1-2H3,(H,20,24)(H,21,23)/t14-,17+/m1/s1.